The van der Waals surface area contributed by atoms with Crippen molar-refractivity contribution in [2.75, 3.05) is 11.1 Å². The van der Waals surface area contributed by atoms with Gasteiger partial charge in [-0.2, -0.15) is 5.26 Å². The van der Waals surface area contributed by atoms with E-state index in [2.05, 4.69) is 5.32 Å². The number of fused-ring (bicyclic) bond motifs is 3. The number of nitriles is 1. The number of rotatable bonds is 5. The lowest BCUT2D eigenvalue weighted by molar-refractivity contribution is -0.113. The third-order valence-electron chi connectivity index (χ3n) is 4.99. The number of nitrogens with one attached hydrogen (secondary N) is 1. The molecule has 1 amide bonds. The van der Waals surface area contributed by atoms with Gasteiger partial charge < -0.3 is 5.32 Å². The zero-order valence-electron chi connectivity index (χ0n) is 16.0. The summed E-state index contributed by atoms with van der Waals surface area (Å²) in [4.78, 5) is 32.3. The summed E-state index contributed by atoms with van der Waals surface area (Å²) in [6.45, 7) is 2.45. The highest BCUT2D eigenvalue weighted by Gasteiger charge is 2.22. The highest BCUT2D eigenvalue weighted by Crippen LogP contribution is 2.34. The first-order valence-electron chi connectivity index (χ1n) is 9.58. The van der Waals surface area contributed by atoms with Crippen LogP contribution in [0.3, 0.4) is 0 Å². The molecule has 1 aromatic carbocycles. The van der Waals surface area contributed by atoms with Gasteiger partial charge in [0.1, 0.15) is 4.83 Å². The van der Waals surface area contributed by atoms with Gasteiger partial charge in [-0.05, 0) is 62.4 Å². The molecule has 1 aliphatic carbocycles. The van der Waals surface area contributed by atoms with Crippen LogP contribution < -0.4 is 10.9 Å². The summed E-state index contributed by atoms with van der Waals surface area (Å²) in [5.74, 6) is -0.0227. The van der Waals surface area contributed by atoms with Crippen molar-refractivity contribution in [3.63, 3.8) is 0 Å². The SMILES string of the molecule is CCn1c(SCC(=O)Nc2ccc(C#N)cc2)nc2sc3c(c2c1=O)CCCC3. The summed E-state index contributed by atoms with van der Waals surface area (Å²) in [6, 6.07) is 8.76. The van der Waals surface area contributed by atoms with E-state index in [0.717, 1.165) is 29.5 Å². The lowest BCUT2D eigenvalue weighted by atomic mass is 9.97. The predicted molar refractivity (Wildman–Crippen MR) is 117 cm³/mol. The van der Waals surface area contributed by atoms with E-state index in [1.807, 2.05) is 13.0 Å². The topological polar surface area (TPSA) is 87.8 Å². The van der Waals surface area contributed by atoms with Crippen LogP contribution in [0.1, 0.15) is 35.8 Å². The van der Waals surface area contributed by atoms with Gasteiger partial charge in [-0.3, -0.25) is 14.2 Å². The molecule has 3 aromatic rings. The first-order chi connectivity index (χ1) is 14.1. The van der Waals surface area contributed by atoms with Crippen LogP contribution >= 0.6 is 23.1 Å². The van der Waals surface area contributed by atoms with E-state index in [4.69, 9.17) is 10.2 Å². The van der Waals surface area contributed by atoms with Gasteiger partial charge in [-0.15, -0.1) is 11.3 Å². The second-order valence-electron chi connectivity index (χ2n) is 6.86. The Balaban J connectivity index is 1.55. The molecule has 2 heterocycles. The molecule has 0 saturated carbocycles. The van der Waals surface area contributed by atoms with E-state index >= 15 is 0 Å². The molecule has 4 rings (SSSR count). The number of hydrogen-bond acceptors (Lipinski definition) is 6. The Bertz CT molecular complexity index is 1170. The number of carbonyl (C=O) groups is 1. The number of benzene rings is 1. The first-order valence-corrected chi connectivity index (χ1v) is 11.4. The van der Waals surface area contributed by atoms with Crippen LogP contribution in [0.5, 0.6) is 0 Å². The molecule has 2 aromatic heterocycles. The molecular weight excluding hydrogens is 404 g/mol. The number of amides is 1. The molecule has 0 fully saturated rings. The minimum Gasteiger partial charge on any atom is -0.325 e. The molecule has 0 aliphatic heterocycles. The molecular formula is C21H20N4O2S2. The van der Waals surface area contributed by atoms with Gasteiger partial charge in [0.25, 0.3) is 5.56 Å². The maximum Gasteiger partial charge on any atom is 0.263 e. The van der Waals surface area contributed by atoms with Gasteiger partial charge in [0.05, 0.1) is 22.8 Å². The number of thiophene rings is 1. The molecule has 8 heteroatoms. The molecule has 0 atom stereocenters. The Kier molecular flexibility index (Phi) is 5.69. The van der Waals surface area contributed by atoms with Crippen LogP contribution in [0.4, 0.5) is 5.69 Å². The second-order valence-corrected chi connectivity index (χ2v) is 8.89. The van der Waals surface area contributed by atoms with Crippen LogP contribution in [0, 0.1) is 11.3 Å². The van der Waals surface area contributed by atoms with Crippen molar-refractivity contribution in [2.45, 2.75) is 44.3 Å². The fourth-order valence-corrected chi connectivity index (χ4v) is 5.73. The fourth-order valence-electron chi connectivity index (χ4n) is 3.56. The summed E-state index contributed by atoms with van der Waals surface area (Å²) in [6.07, 6.45) is 4.27. The largest absolute Gasteiger partial charge is 0.325 e. The Morgan fingerprint density at radius 1 is 1.31 bits per heavy atom. The molecule has 1 N–H and O–H groups in total. The van der Waals surface area contributed by atoms with Crippen molar-refractivity contribution in [3.8, 4) is 6.07 Å². The Hall–Kier alpha value is -2.63. The lowest BCUT2D eigenvalue weighted by Gasteiger charge is -2.12. The van der Waals surface area contributed by atoms with Crippen molar-refractivity contribution in [2.24, 2.45) is 0 Å². The van der Waals surface area contributed by atoms with Gasteiger partial charge in [-0.1, -0.05) is 11.8 Å². The zero-order chi connectivity index (χ0) is 20.4. The van der Waals surface area contributed by atoms with Gasteiger partial charge in [0.2, 0.25) is 5.91 Å². The van der Waals surface area contributed by atoms with Crippen LogP contribution in [-0.4, -0.2) is 21.2 Å². The Morgan fingerprint density at radius 3 is 2.79 bits per heavy atom. The minimum atomic E-state index is -0.179. The first kappa shape index (κ1) is 19.7. The number of thioether (sulfide) groups is 1. The van der Waals surface area contributed by atoms with Crippen LogP contribution in [0.15, 0.2) is 34.2 Å². The number of nitrogens with zero attached hydrogens (tertiary/aromatic N) is 3. The molecule has 0 spiro atoms. The van der Waals surface area contributed by atoms with Crippen LogP contribution in [0.25, 0.3) is 10.2 Å². The zero-order valence-corrected chi connectivity index (χ0v) is 17.7. The van der Waals surface area contributed by atoms with E-state index < -0.39 is 0 Å². The number of aryl methyl sites for hydroxylation is 2. The maximum atomic E-state index is 13.1. The van der Waals surface area contributed by atoms with Crippen molar-refractivity contribution in [1.82, 2.24) is 9.55 Å². The Labute approximate surface area is 176 Å². The highest BCUT2D eigenvalue weighted by atomic mass is 32.2. The maximum absolute atomic E-state index is 13.1. The van der Waals surface area contributed by atoms with E-state index in [9.17, 15) is 9.59 Å². The van der Waals surface area contributed by atoms with Gasteiger partial charge >= 0.3 is 0 Å². The standard InChI is InChI=1S/C21H20N4O2S2/c1-2-25-20(27)18-15-5-3-4-6-16(15)29-19(18)24-21(25)28-12-17(26)23-14-9-7-13(11-22)8-10-14/h7-10H,2-6,12H2,1H3,(H,23,26). The average molecular weight is 425 g/mol. The summed E-state index contributed by atoms with van der Waals surface area (Å²) in [7, 11) is 0. The molecule has 0 unspecified atom stereocenters. The smallest absolute Gasteiger partial charge is 0.263 e. The molecule has 1 aliphatic rings. The monoisotopic (exact) mass is 424 g/mol. The third-order valence-corrected chi connectivity index (χ3v) is 7.15. The van der Waals surface area contributed by atoms with E-state index in [0.29, 0.717) is 23.0 Å². The molecule has 6 nitrogen and oxygen atoms in total. The van der Waals surface area contributed by atoms with E-state index in [-0.39, 0.29) is 17.2 Å². The van der Waals surface area contributed by atoms with Crippen molar-refractivity contribution < 1.29 is 4.79 Å². The van der Waals surface area contributed by atoms with Gasteiger partial charge in [0, 0.05) is 17.1 Å². The quantitative estimate of drug-likeness (QED) is 0.495. The third kappa shape index (κ3) is 3.93. The summed E-state index contributed by atoms with van der Waals surface area (Å²) in [5, 5.41) is 13.0. The highest BCUT2D eigenvalue weighted by molar-refractivity contribution is 7.99. The number of anilines is 1. The van der Waals surface area contributed by atoms with Crippen LogP contribution in [-0.2, 0) is 24.2 Å². The van der Waals surface area contributed by atoms with Gasteiger partial charge in [0.15, 0.2) is 5.16 Å². The second kappa shape index (κ2) is 8.39. The van der Waals surface area contributed by atoms with E-state index in [1.54, 1.807) is 40.2 Å². The molecule has 0 radical (unpaired) electrons. The van der Waals surface area contributed by atoms with Gasteiger partial charge in [-0.25, -0.2) is 4.98 Å². The molecule has 0 bridgehead atoms. The number of aromatic nitrogens is 2. The molecule has 148 valence electrons. The number of carbonyl (C=O) groups excluding carboxylic acids is 1. The number of hydrogen-bond donors (Lipinski definition) is 1. The predicted octanol–water partition coefficient (Wildman–Crippen LogP) is 3.96. The van der Waals surface area contributed by atoms with Crippen LogP contribution in [0.2, 0.25) is 0 Å². The van der Waals surface area contributed by atoms with Crippen molar-refractivity contribution in [1.29, 1.82) is 5.26 Å². The average Bonchev–Trinajstić information content (AvgIpc) is 3.11. The summed E-state index contributed by atoms with van der Waals surface area (Å²) in [5.41, 5.74) is 2.37. The molecule has 0 saturated heterocycles. The summed E-state index contributed by atoms with van der Waals surface area (Å²) >= 11 is 2.90. The normalized spacial score (nSPS) is 13.1. The van der Waals surface area contributed by atoms with Crippen molar-refractivity contribution in [3.05, 3.63) is 50.6 Å². The fraction of sp³-hybridized carbons (Fsp3) is 0.333. The lowest BCUT2D eigenvalue weighted by Crippen LogP contribution is -2.24. The molecule has 29 heavy (non-hydrogen) atoms. The Morgan fingerprint density at radius 2 is 2.07 bits per heavy atom. The minimum absolute atomic E-state index is 0.00639. The van der Waals surface area contributed by atoms with E-state index in [1.165, 1.54) is 28.6 Å². The van der Waals surface area contributed by atoms with Crippen molar-refractivity contribution >= 4 is 44.9 Å². The summed E-state index contributed by atoms with van der Waals surface area (Å²) < 4.78 is 1.67.